The van der Waals surface area contributed by atoms with Crippen molar-refractivity contribution in [3.05, 3.63) is 168 Å². The fraction of sp³-hybridized carbons (Fsp3) is 0.236. The van der Waals surface area contributed by atoms with E-state index in [9.17, 15) is 0 Å². The summed E-state index contributed by atoms with van der Waals surface area (Å²) in [7, 11) is 0. The van der Waals surface area contributed by atoms with Crippen LogP contribution in [0.2, 0.25) is 0 Å². The summed E-state index contributed by atoms with van der Waals surface area (Å²) in [5, 5.41) is 2.43. The summed E-state index contributed by atoms with van der Waals surface area (Å²) in [6.07, 6.45) is 6.99. The minimum atomic E-state index is -0.0988. The molecule has 4 saturated carbocycles. The van der Waals surface area contributed by atoms with Crippen LogP contribution in [0, 0.1) is 23.7 Å². The van der Waals surface area contributed by atoms with Crippen molar-refractivity contribution in [2.45, 2.75) is 56.8 Å². The van der Waals surface area contributed by atoms with E-state index in [1.807, 2.05) is 0 Å². The maximum absolute atomic E-state index is 6.47. The van der Waals surface area contributed by atoms with Gasteiger partial charge in [-0.2, -0.15) is 0 Å². The summed E-state index contributed by atoms with van der Waals surface area (Å²) >= 11 is 0. The van der Waals surface area contributed by atoms with Gasteiger partial charge in [0.2, 0.25) is 0 Å². The molecule has 8 aromatic rings. The van der Waals surface area contributed by atoms with E-state index in [4.69, 9.17) is 4.42 Å². The van der Waals surface area contributed by atoms with Gasteiger partial charge in [0.25, 0.3) is 0 Å². The molecule has 0 amide bonds. The largest absolute Gasteiger partial charge is 0.456 e. The van der Waals surface area contributed by atoms with Gasteiger partial charge in [-0.05, 0) is 164 Å². The fourth-order valence-corrected chi connectivity index (χ4v) is 13.4. The molecule has 56 heavy (non-hydrogen) atoms. The van der Waals surface area contributed by atoms with E-state index in [-0.39, 0.29) is 10.8 Å². The van der Waals surface area contributed by atoms with Gasteiger partial charge in [-0.15, -0.1) is 0 Å². The molecular weight excluding hydrogens is 677 g/mol. The highest BCUT2D eigenvalue weighted by Gasteiger charge is 2.61. The molecule has 0 unspecified atom stereocenters. The average molecular weight is 721 g/mol. The number of fused-ring (bicyclic) bond motifs is 9. The van der Waals surface area contributed by atoms with Crippen molar-refractivity contribution >= 4 is 21.9 Å². The van der Waals surface area contributed by atoms with Crippen molar-refractivity contribution < 1.29 is 4.42 Å². The first-order valence-corrected chi connectivity index (χ1v) is 21.0. The van der Waals surface area contributed by atoms with Gasteiger partial charge < -0.3 is 4.42 Å². The molecule has 1 aromatic heterocycles. The monoisotopic (exact) mass is 720 g/mol. The Labute approximate surface area is 329 Å². The zero-order valence-corrected chi connectivity index (χ0v) is 32.1. The second kappa shape index (κ2) is 11.0. The van der Waals surface area contributed by atoms with Crippen LogP contribution in [0.5, 0.6) is 0 Å². The first-order valence-electron chi connectivity index (χ1n) is 21.0. The van der Waals surface area contributed by atoms with E-state index in [0.717, 1.165) is 23.0 Å². The summed E-state index contributed by atoms with van der Waals surface area (Å²) in [6, 6.07) is 55.4. The lowest BCUT2D eigenvalue weighted by atomic mass is 9.43. The van der Waals surface area contributed by atoms with Gasteiger partial charge in [0, 0.05) is 21.6 Å². The third kappa shape index (κ3) is 4.01. The van der Waals surface area contributed by atoms with Gasteiger partial charge in [-0.3, -0.25) is 0 Å². The molecule has 0 radical (unpaired) electrons. The van der Waals surface area contributed by atoms with Gasteiger partial charge in [-0.25, -0.2) is 0 Å². The van der Waals surface area contributed by atoms with E-state index in [1.54, 1.807) is 11.1 Å². The molecule has 6 aliphatic rings. The zero-order valence-electron chi connectivity index (χ0n) is 32.1. The third-order valence-corrected chi connectivity index (χ3v) is 15.5. The second-order valence-electron chi connectivity index (χ2n) is 18.5. The van der Waals surface area contributed by atoms with Crippen molar-refractivity contribution in [3.63, 3.8) is 0 Å². The van der Waals surface area contributed by atoms with Gasteiger partial charge in [-0.1, -0.05) is 129 Å². The van der Waals surface area contributed by atoms with Crippen LogP contribution in [0.1, 0.15) is 68.2 Å². The standard InChI is InChI=1S/C55H44O/c1-54(2)48-30-36(34-10-4-3-5-11-34)18-21-40(48)41-22-19-37(31-49(41)54)35-20-23-46-45(29-35)52-42(43-14-9-17-51-53(43)44-12-6-7-16-50(44)56-51)13-8-15-47(52)55(46)38-25-32-24-33(27-38)28-39(55)26-32/h3-23,29-33,38-39H,24-28H2,1-2H3. The highest BCUT2D eigenvalue weighted by Crippen LogP contribution is 2.70. The number of furan rings is 1. The molecule has 1 spiro atoms. The third-order valence-electron chi connectivity index (χ3n) is 15.5. The molecule has 4 fully saturated rings. The van der Waals surface area contributed by atoms with Crippen molar-refractivity contribution in [1.82, 2.24) is 0 Å². The van der Waals surface area contributed by atoms with Crippen LogP contribution in [0.25, 0.3) is 77.6 Å². The van der Waals surface area contributed by atoms with E-state index < -0.39 is 0 Å². The quantitative estimate of drug-likeness (QED) is 0.177. The Hall–Kier alpha value is -5.66. The predicted molar refractivity (Wildman–Crippen MR) is 231 cm³/mol. The molecule has 7 aromatic carbocycles. The Morgan fingerprint density at radius 3 is 1.79 bits per heavy atom. The van der Waals surface area contributed by atoms with Crippen LogP contribution in [0.3, 0.4) is 0 Å². The normalized spacial score (nSPS) is 24.5. The summed E-state index contributed by atoms with van der Waals surface area (Å²) in [5.74, 6) is 3.24. The second-order valence-corrected chi connectivity index (χ2v) is 18.5. The van der Waals surface area contributed by atoms with Crippen LogP contribution in [0.4, 0.5) is 0 Å². The molecule has 0 atom stereocenters. The Balaban J connectivity index is 1.01. The lowest BCUT2D eigenvalue weighted by molar-refractivity contribution is -0.0399. The van der Waals surface area contributed by atoms with Crippen molar-refractivity contribution in [3.8, 4) is 55.6 Å². The molecule has 270 valence electrons. The number of hydrogen-bond donors (Lipinski definition) is 0. The minimum Gasteiger partial charge on any atom is -0.456 e. The summed E-state index contributed by atoms with van der Waals surface area (Å²) in [6.45, 7) is 4.83. The van der Waals surface area contributed by atoms with Crippen LogP contribution in [-0.4, -0.2) is 0 Å². The molecule has 6 aliphatic carbocycles. The van der Waals surface area contributed by atoms with E-state index >= 15 is 0 Å². The first kappa shape index (κ1) is 31.5. The van der Waals surface area contributed by atoms with E-state index in [2.05, 4.69) is 159 Å². The molecular formula is C55H44O. The smallest absolute Gasteiger partial charge is 0.136 e. The van der Waals surface area contributed by atoms with Crippen LogP contribution in [-0.2, 0) is 10.8 Å². The maximum Gasteiger partial charge on any atom is 0.136 e. The molecule has 4 bridgehead atoms. The number of para-hydroxylation sites is 1. The Morgan fingerprint density at radius 1 is 0.429 bits per heavy atom. The minimum absolute atomic E-state index is 0.0943. The van der Waals surface area contributed by atoms with E-state index in [1.165, 1.54) is 110 Å². The van der Waals surface area contributed by atoms with Crippen molar-refractivity contribution in [2.24, 2.45) is 23.7 Å². The predicted octanol–water partition coefficient (Wildman–Crippen LogP) is 14.6. The zero-order chi connectivity index (χ0) is 36.9. The van der Waals surface area contributed by atoms with Crippen LogP contribution >= 0.6 is 0 Å². The molecule has 0 N–H and O–H groups in total. The van der Waals surface area contributed by atoms with Crippen molar-refractivity contribution in [1.29, 1.82) is 0 Å². The van der Waals surface area contributed by atoms with Gasteiger partial charge in [0.05, 0.1) is 0 Å². The SMILES string of the molecule is CC1(C)c2cc(-c3ccccc3)ccc2-c2ccc(-c3ccc4c(c3)-c3c(-c5cccc6oc7ccccc7c56)cccc3C43C4CC5CC(C4)CC3C5)cc21. The lowest BCUT2D eigenvalue weighted by Crippen LogP contribution is -2.55. The fourth-order valence-electron chi connectivity index (χ4n) is 13.4. The number of rotatable bonds is 3. The van der Waals surface area contributed by atoms with Gasteiger partial charge in [0.15, 0.2) is 0 Å². The molecule has 0 saturated heterocycles. The maximum atomic E-state index is 6.47. The number of hydrogen-bond acceptors (Lipinski definition) is 1. The number of benzene rings is 7. The highest BCUT2D eigenvalue weighted by molar-refractivity contribution is 6.14. The van der Waals surface area contributed by atoms with Crippen molar-refractivity contribution in [2.75, 3.05) is 0 Å². The molecule has 0 aliphatic heterocycles. The summed E-state index contributed by atoms with van der Waals surface area (Å²) < 4.78 is 6.47. The Kier molecular flexibility index (Phi) is 6.20. The highest BCUT2D eigenvalue weighted by atomic mass is 16.3. The average Bonchev–Trinajstić information content (AvgIpc) is 3.83. The topological polar surface area (TPSA) is 13.1 Å². The molecule has 1 heteroatoms. The Bertz CT molecular complexity index is 2930. The lowest BCUT2D eigenvalue weighted by Gasteiger charge is -2.61. The van der Waals surface area contributed by atoms with Gasteiger partial charge >= 0.3 is 0 Å². The Morgan fingerprint density at radius 2 is 1.04 bits per heavy atom. The molecule has 14 rings (SSSR count). The molecule has 1 heterocycles. The molecule has 1 nitrogen and oxygen atoms in total. The van der Waals surface area contributed by atoms with Gasteiger partial charge in [0.1, 0.15) is 11.2 Å². The summed E-state index contributed by atoms with van der Waals surface area (Å²) in [4.78, 5) is 0. The van der Waals surface area contributed by atoms with Crippen LogP contribution < -0.4 is 0 Å². The van der Waals surface area contributed by atoms with E-state index in [0.29, 0.717) is 11.8 Å². The summed E-state index contributed by atoms with van der Waals surface area (Å²) in [5.41, 5.74) is 21.5. The first-order chi connectivity index (χ1) is 27.5. The van der Waals surface area contributed by atoms with Crippen LogP contribution in [0.15, 0.2) is 150 Å².